The molecule has 0 N–H and O–H groups in total. The Labute approximate surface area is 79.5 Å². The lowest BCUT2D eigenvalue weighted by Crippen LogP contribution is -2.31. The van der Waals surface area contributed by atoms with E-state index >= 15 is 0 Å². The van der Waals surface area contributed by atoms with Crippen molar-refractivity contribution >= 4 is 46.4 Å². The second kappa shape index (κ2) is 3.24. The maximum absolute atomic E-state index is 5.80. The van der Waals surface area contributed by atoms with Crippen LogP contribution in [0.15, 0.2) is 0 Å². The van der Waals surface area contributed by atoms with Gasteiger partial charge in [0, 0.05) is 0 Å². The topological polar surface area (TPSA) is 9.23 Å². The molecule has 1 fully saturated rings. The molecule has 1 radical (unpaired) electrons. The van der Waals surface area contributed by atoms with Crippen LogP contribution in [0.1, 0.15) is 6.42 Å². The van der Waals surface area contributed by atoms with E-state index in [9.17, 15) is 0 Å². The molecule has 0 spiro atoms. The van der Waals surface area contributed by atoms with Gasteiger partial charge in [-0.1, -0.05) is 34.8 Å². The standard InChI is InChI=1S/C5H5Cl4O/c6-3-1-2-10-5(3,9)4(7)8/h3H,1-2H2. The van der Waals surface area contributed by atoms with Crippen molar-refractivity contribution in [3.63, 3.8) is 0 Å². The zero-order chi connectivity index (χ0) is 7.78. The van der Waals surface area contributed by atoms with Gasteiger partial charge in [0.2, 0.25) is 0 Å². The molecule has 0 aromatic rings. The van der Waals surface area contributed by atoms with Crippen molar-refractivity contribution in [3.05, 3.63) is 4.84 Å². The molecule has 1 nitrogen and oxygen atoms in total. The van der Waals surface area contributed by atoms with E-state index in [4.69, 9.17) is 51.1 Å². The zero-order valence-corrected chi connectivity index (χ0v) is 7.94. The van der Waals surface area contributed by atoms with Gasteiger partial charge in [0.25, 0.3) is 0 Å². The highest BCUT2D eigenvalue weighted by molar-refractivity contribution is 6.58. The Balaban J connectivity index is 2.66. The van der Waals surface area contributed by atoms with Gasteiger partial charge in [-0.25, -0.2) is 0 Å². The molecule has 1 heterocycles. The molecular formula is C5H5Cl4O. The number of hydrogen-bond donors (Lipinski definition) is 0. The summed E-state index contributed by atoms with van der Waals surface area (Å²) in [6.45, 7) is 0.501. The first kappa shape index (κ1) is 9.21. The maximum atomic E-state index is 5.80. The van der Waals surface area contributed by atoms with Crippen molar-refractivity contribution in [2.75, 3.05) is 6.61 Å². The van der Waals surface area contributed by atoms with Crippen molar-refractivity contribution < 1.29 is 4.74 Å². The van der Waals surface area contributed by atoms with Gasteiger partial charge in [-0.2, -0.15) is 0 Å². The Kier molecular flexibility index (Phi) is 2.98. The molecule has 0 aliphatic carbocycles. The summed E-state index contributed by atoms with van der Waals surface area (Å²) in [6.07, 6.45) is 0.675. The molecule has 1 saturated heterocycles. The van der Waals surface area contributed by atoms with E-state index < -0.39 is 5.06 Å². The van der Waals surface area contributed by atoms with E-state index in [-0.39, 0.29) is 10.2 Å². The SMILES string of the molecule is Cl[C](Cl)C1(Cl)OCCC1Cl. The quantitative estimate of drug-likeness (QED) is 0.621. The molecule has 0 bridgehead atoms. The molecule has 2 atom stereocenters. The Morgan fingerprint density at radius 1 is 1.50 bits per heavy atom. The fraction of sp³-hybridized carbons (Fsp3) is 0.800. The van der Waals surface area contributed by atoms with Crippen LogP contribution in [0.25, 0.3) is 0 Å². The van der Waals surface area contributed by atoms with E-state index in [2.05, 4.69) is 0 Å². The highest BCUT2D eigenvalue weighted by Crippen LogP contribution is 2.45. The second-order valence-corrected chi connectivity index (χ2v) is 4.05. The van der Waals surface area contributed by atoms with E-state index in [1.54, 1.807) is 0 Å². The molecule has 1 rings (SSSR count). The Hall–Kier alpha value is 1.12. The summed E-state index contributed by atoms with van der Waals surface area (Å²) in [5.74, 6) is 0. The first-order valence-corrected chi connectivity index (χ1v) is 4.30. The van der Waals surface area contributed by atoms with Crippen LogP contribution in [0, 0.1) is 4.84 Å². The summed E-state index contributed by atoms with van der Waals surface area (Å²) in [6, 6.07) is 0. The molecule has 1 aliphatic heterocycles. The van der Waals surface area contributed by atoms with Crippen LogP contribution < -0.4 is 0 Å². The molecular weight excluding hydrogens is 218 g/mol. The van der Waals surface area contributed by atoms with Crippen LogP contribution in [0.5, 0.6) is 0 Å². The van der Waals surface area contributed by atoms with Gasteiger partial charge in [-0.3, -0.25) is 0 Å². The summed E-state index contributed by atoms with van der Waals surface area (Å²) in [5.41, 5.74) is 0. The summed E-state index contributed by atoms with van der Waals surface area (Å²) in [4.78, 5) is -0.0216. The third-order valence-corrected chi connectivity index (χ3v) is 3.30. The lowest BCUT2D eigenvalue weighted by atomic mass is 10.2. The van der Waals surface area contributed by atoms with Gasteiger partial charge < -0.3 is 4.74 Å². The first-order chi connectivity index (χ1) is 4.57. The lowest BCUT2D eigenvalue weighted by Gasteiger charge is -2.23. The predicted octanol–water partition coefficient (Wildman–Crippen LogP) is 2.92. The molecule has 0 amide bonds. The van der Waals surface area contributed by atoms with Crippen LogP contribution in [-0.2, 0) is 4.74 Å². The van der Waals surface area contributed by atoms with Crippen molar-refractivity contribution in [1.82, 2.24) is 0 Å². The van der Waals surface area contributed by atoms with Crippen molar-refractivity contribution in [2.24, 2.45) is 0 Å². The number of hydrogen-bond acceptors (Lipinski definition) is 1. The van der Waals surface area contributed by atoms with Crippen molar-refractivity contribution in [2.45, 2.75) is 16.9 Å². The summed E-state index contributed by atoms with van der Waals surface area (Å²) < 4.78 is 5.05. The van der Waals surface area contributed by atoms with E-state index in [0.29, 0.717) is 13.0 Å². The lowest BCUT2D eigenvalue weighted by molar-refractivity contribution is 0.104. The summed E-state index contributed by atoms with van der Waals surface area (Å²) in [7, 11) is 0. The van der Waals surface area contributed by atoms with Crippen LogP contribution in [0.2, 0.25) is 0 Å². The van der Waals surface area contributed by atoms with E-state index in [0.717, 1.165) is 0 Å². The minimum absolute atomic E-state index is 0.0216. The molecule has 59 valence electrons. The largest absolute Gasteiger partial charge is 0.355 e. The molecule has 0 aromatic carbocycles. The Morgan fingerprint density at radius 3 is 2.30 bits per heavy atom. The molecule has 0 aromatic heterocycles. The zero-order valence-electron chi connectivity index (χ0n) is 4.91. The monoisotopic (exact) mass is 221 g/mol. The van der Waals surface area contributed by atoms with Crippen LogP contribution >= 0.6 is 46.4 Å². The Bertz CT molecular complexity index is 129. The maximum Gasteiger partial charge on any atom is 0.199 e. The van der Waals surface area contributed by atoms with Gasteiger partial charge in [0.15, 0.2) is 9.90 Å². The van der Waals surface area contributed by atoms with Crippen LogP contribution in [0.4, 0.5) is 0 Å². The predicted molar refractivity (Wildman–Crippen MR) is 43.7 cm³/mol. The van der Waals surface area contributed by atoms with E-state index in [1.165, 1.54) is 0 Å². The second-order valence-electron chi connectivity index (χ2n) is 2.01. The smallest absolute Gasteiger partial charge is 0.199 e. The van der Waals surface area contributed by atoms with Gasteiger partial charge in [-0.05, 0) is 6.42 Å². The van der Waals surface area contributed by atoms with Gasteiger partial charge in [0.05, 0.1) is 12.0 Å². The first-order valence-electron chi connectivity index (χ1n) is 2.72. The average molecular weight is 223 g/mol. The van der Waals surface area contributed by atoms with Crippen molar-refractivity contribution in [3.8, 4) is 0 Å². The van der Waals surface area contributed by atoms with Gasteiger partial charge >= 0.3 is 0 Å². The molecule has 1 aliphatic rings. The molecule has 10 heavy (non-hydrogen) atoms. The van der Waals surface area contributed by atoms with Crippen LogP contribution in [0.3, 0.4) is 0 Å². The fourth-order valence-corrected chi connectivity index (χ4v) is 1.69. The number of rotatable bonds is 1. The third-order valence-electron chi connectivity index (χ3n) is 1.34. The average Bonchev–Trinajstić information content (AvgIpc) is 2.15. The summed E-state index contributed by atoms with van der Waals surface area (Å²) >= 11 is 22.5. The highest BCUT2D eigenvalue weighted by atomic mass is 35.5. The normalized spacial score (nSPS) is 41.1. The van der Waals surface area contributed by atoms with Gasteiger partial charge in [-0.15, -0.1) is 11.6 Å². The number of alkyl halides is 2. The van der Waals surface area contributed by atoms with Crippen molar-refractivity contribution in [1.29, 1.82) is 0 Å². The Morgan fingerprint density at radius 2 is 2.10 bits per heavy atom. The third kappa shape index (κ3) is 1.49. The molecule has 5 heteroatoms. The molecule has 2 unspecified atom stereocenters. The van der Waals surface area contributed by atoms with Gasteiger partial charge in [0.1, 0.15) is 0 Å². The number of halogens is 4. The molecule has 0 saturated carbocycles. The summed E-state index contributed by atoms with van der Waals surface area (Å²) in [5, 5.41) is -1.50. The fourth-order valence-electron chi connectivity index (χ4n) is 0.760. The highest BCUT2D eigenvalue weighted by Gasteiger charge is 2.48. The van der Waals surface area contributed by atoms with Crippen LogP contribution in [-0.4, -0.2) is 17.0 Å². The minimum atomic E-state index is -1.16. The minimum Gasteiger partial charge on any atom is -0.355 e. The number of ether oxygens (including phenoxy) is 1. The van der Waals surface area contributed by atoms with E-state index in [1.807, 2.05) is 0 Å².